The van der Waals surface area contributed by atoms with Crippen molar-refractivity contribution in [3.63, 3.8) is 0 Å². The molecule has 0 unspecified atom stereocenters. The van der Waals surface area contributed by atoms with E-state index in [9.17, 15) is 27.5 Å². The number of benzene rings is 2. The second-order valence-corrected chi connectivity index (χ2v) is 8.90. The van der Waals surface area contributed by atoms with Crippen molar-refractivity contribution in [1.29, 1.82) is 0 Å². The summed E-state index contributed by atoms with van der Waals surface area (Å²) in [6.07, 6.45) is -4.79. The van der Waals surface area contributed by atoms with Gasteiger partial charge in [-0.25, -0.2) is 14.2 Å². The Bertz CT molecular complexity index is 1280. The highest BCUT2D eigenvalue weighted by atomic mass is 35.5. The standard InChI is InChI=1S/C24H23ClF4N6O2/c1-33-8-10-34(11-9-33)20-5-3-17(13-19(20)26)31-22-30-7-6-21(32-22)35(23(36)37)14-15-12-16(24(27,28)29)2-4-18(15)25/h2-7,12-13H,8-11,14H2,1H3,(H,36,37)(H,30,31,32). The fraction of sp³-hybridized carbons (Fsp3) is 0.292. The molecule has 0 saturated carbocycles. The van der Waals surface area contributed by atoms with Crippen molar-refractivity contribution in [3.8, 4) is 0 Å². The summed E-state index contributed by atoms with van der Waals surface area (Å²) in [5, 5.41) is 12.5. The first-order valence-corrected chi connectivity index (χ1v) is 11.6. The number of carbonyl (C=O) groups is 1. The summed E-state index contributed by atoms with van der Waals surface area (Å²) in [5.74, 6) is -0.560. The average molecular weight is 539 g/mol. The molecule has 1 amide bonds. The summed E-state index contributed by atoms with van der Waals surface area (Å²) >= 11 is 6.04. The molecule has 1 aromatic heterocycles. The molecule has 2 heterocycles. The lowest BCUT2D eigenvalue weighted by atomic mass is 10.1. The third-order valence-corrected chi connectivity index (χ3v) is 6.27. The number of carboxylic acid groups (broad SMARTS) is 1. The second kappa shape index (κ2) is 10.8. The Morgan fingerprint density at radius 2 is 1.86 bits per heavy atom. The van der Waals surface area contributed by atoms with Crippen molar-refractivity contribution in [3.05, 3.63) is 70.6 Å². The van der Waals surface area contributed by atoms with Gasteiger partial charge in [-0.05, 0) is 55.1 Å². The Balaban J connectivity index is 1.53. The van der Waals surface area contributed by atoms with E-state index in [4.69, 9.17) is 11.6 Å². The van der Waals surface area contributed by atoms with Crippen LogP contribution in [0.25, 0.3) is 0 Å². The number of hydrogen-bond acceptors (Lipinski definition) is 6. The molecule has 1 fully saturated rings. The van der Waals surface area contributed by atoms with Gasteiger partial charge in [0, 0.05) is 43.1 Å². The minimum atomic E-state index is -4.62. The molecule has 2 aromatic carbocycles. The van der Waals surface area contributed by atoms with Gasteiger partial charge in [0.25, 0.3) is 0 Å². The minimum absolute atomic E-state index is 0.0226. The summed E-state index contributed by atoms with van der Waals surface area (Å²) in [4.78, 5) is 25.0. The monoisotopic (exact) mass is 538 g/mol. The zero-order valence-corrected chi connectivity index (χ0v) is 20.4. The van der Waals surface area contributed by atoms with E-state index in [1.165, 1.54) is 18.3 Å². The van der Waals surface area contributed by atoms with Crippen LogP contribution in [0, 0.1) is 5.82 Å². The maximum atomic E-state index is 14.8. The van der Waals surface area contributed by atoms with E-state index < -0.39 is 30.2 Å². The summed E-state index contributed by atoms with van der Waals surface area (Å²) in [6.45, 7) is 2.57. The van der Waals surface area contributed by atoms with Crippen LogP contribution >= 0.6 is 11.6 Å². The van der Waals surface area contributed by atoms with Crippen LogP contribution < -0.4 is 15.1 Å². The molecule has 0 aliphatic carbocycles. The molecule has 13 heteroatoms. The van der Waals surface area contributed by atoms with Gasteiger partial charge < -0.3 is 20.2 Å². The Labute approximate surface area is 215 Å². The number of rotatable bonds is 6. The molecular weight excluding hydrogens is 516 g/mol. The zero-order chi connectivity index (χ0) is 26.7. The number of piperazine rings is 1. The van der Waals surface area contributed by atoms with Gasteiger partial charge in [0.1, 0.15) is 11.6 Å². The molecule has 0 bridgehead atoms. The SMILES string of the molecule is CN1CCN(c2ccc(Nc3nccc(N(Cc4cc(C(F)(F)F)ccc4Cl)C(=O)O)n3)cc2F)CC1. The molecule has 0 radical (unpaired) electrons. The largest absolute Gasteiger partial charge is 0.465 e. The van der Waals surface area contributed by atoms with Gasteiger partial charge in [0.05, 0.1) is 17.8 Å². The number of likely N-dealkylation sites (N-methyl/N-ethyl adjacent to an activating group) is 1. The number of nitrogens with zero attached hydrogens (tertiary/aromatic N) is 5. The van der Waals surface area contributed by atoms with Gasteiger partial charge in [-0.1, -0.05) is 11.6 Å². The Morgan fingerprint density at radius 1 is 1.14 bits per heavy atom. The van der Waals surface area contributed by atoms with Crippen molar-refractivity contribution in [2.75, 3.05) is 48.3 Å². The minimum Gasteiger partial charge on any atom is -0.465 e. The van der Waals surface area contributed by atoms with Crippen LogP contribution in [-0.2, 0) is 12.7 Å². The summed E-state index contributed by atoms with van der Waals surface area (Å²) < 4.78 is 54.2. The average Bonchev–Trinajstić information content (AvgIpc) is 2.83. The van der Waals surface area contributed by atoms with Crippen molar-refractivity contribution < 1.29 is 27.5 Å². The van der Waals surface area contributed by atoms with E-state index in [-0.39, 0.29) is 22.4 Å². The predicted molar refractivity (Wildman–Crippen MR) is 132 cm³/mol. The van der Waals surface area contributed by atoms with Crippen LogP contribution in [0.2, 0.25) is 5.02 Å². The van der Waals surface area contributed by atoms with Crippen molar-refractivity contribution in [2.45, 2.75) is 12.7 Å². The Kier molecular flexibility index (Phi) is 7.69. The van der Waals surface area contributed by atoms with Crippen LogP contribution in [0.15, 0.2) is 48.7 Å². The van der Waals surface area contributed by atoms with E-state index in [1.54, 1.807) is 12.1 Å². The first-order chi connectivity index (χ1) is 17.5. The predicted octanol–water partition coefficient (Wildman–Crippen LogP) is 5.47. The Morgan fingerprint density at radius 3 is 2.51 bits per heavy atom. The van der Waals surface area contributed by atoms with Crippen molar-refractivity contribution in [1.82, 2.24) is 14.9 Å². The van der Waals surface area contributed by atoms with Gasteiger partial charge in [0.15, 0.2) is 0 Å². The number of nitrogens with one attached hydrogen (secondary N) is 1. The summed E-state index contributed by atoms with van der Waals surface area (Å²) in [6, 6.07) is 8.56. The number of hydrogen-bond donors (Lipinski definition) is 2. The fourth-order valence-electron chi connectivity index (χ4n) is 3.87. The Hall–Kier alpha value is -3.64. The highest BCUT2D eigenvalue weighted by Gasteiger charge is 2.31. The van der Waals surface area contributed by atoms with E-state index in [0.29, 0.717) is 24.5 Å². The van der Waals surface area contributed by atoms with Gasteiger partial charge >= 0.3 is 12.3 Å². The molecule has 4 rings (SSSR count). The van der Waals surface area contributed by atoms with E-state index >= 15 is 0 Å². The number of amides is 1. The lowest BCUT2D eigenvalue weighted by molar-refractivity contribution is -0.137. The van der Waals surface area contributed by atoms with Gasteiger partial charge in [-0.15, -0.1) is 0 Å². The van der Waals surface area contributed by atoms with Crippen molar-refractivity contribution in [2.24, 2.45) is 0 Å². The third kappa shape index (κ3) is 6.38. The molecule has 1 aliphatic heterocycles. The molecule has 1 aliphatic rings. The normalized spacial score (nSPS) is 14.5. The van der Waals surface area contributed by atoms with Gasteiger partial charge in [-0.3, -0.25) is 4.90 Å². The highest BCUT2D eigenvalue weighted by molar-refractivity contribution is 6.31. The number of alkyl halides is 3. The number of aromatic nitrogens is 2. The lowest BCUT2D eigenvalue weighted by Gasteiger charge is -2.34. The smallest absolute Gasteiger partial charge is 0.416 e. The van der Waals surface area contributed by atoms with Crippen molar-refractivity contribution >= 4 is 40.8 Å². The summed E-state index contributed by atoms with van der Waals surface area (Å²) in [5.41, 5.74) is -0.184. The molecule has 0 atom stereocenters. The lowest BCUT2D eigenvalue weighted by Crippen LogP contribution is -2.44. The molecule has 1 saturated heterocycles. The number of anilines is 4. The quantitative estimate of drug-likeness (QED) is 0.403. The fourth-order valence-corrected chi connectivity index (χ4v) is 4.04. The zero-order valence-electron chi connectivity index (χ0n) is 19.6. The maximum Gasteiger partial charge on any atom is 0.416 e. The number of halogens is 5. The summed E-state index contributed by atoms with van der Waals surface area (Å²) in [7, 11) is 2.01. The second-order valence-electron chi connectivity index (χ2n) is 8.49. The molecule has 2 N–H and O–H groups in total. The van der Waals surface area contributed by atoms with E-state index in [2.05, 4.69) is 20.2 Å². The molecule has 37 heavy (non-hydrogen) atoms. The highest BCUT2D eigenvalue weighted by Crippen LogP contribution is 2.33. The van der Waals surface area contributed by atoms with Crippen LogP contribution in [0.5, 0.6) is 0 Å². The van der Waals surface area contributed by atoms with Crippen LogP contribution in [0.4, 0.5) is 45.5 Å². The van der Waals surface area contributed by atoms with Gasteiger partial charge in [-0.2, -0.15) is 18.2 Å². The first-order valence-electron chi connectivity index (χ1n) is 11.2. The maximum absolute atomic E-state index is 14.8. The topological polar surface area (TPSA) is 84.8 Å². The van der Waals surface area contributed by atoms with Gasteiger partial charge in [0.2, 0.25) is 5.95 Å². The van der Waals surface area contributed by atoms with Crippen LogP contribution in [-0.4, -0.2) is 59.3 Å². The molecule has 8 nitrogen and oxygen atoms in total. The molecular formula is C24H23ClF4N6O2. The molecule has 196 valence electrons. The van der Waals surface area contributed by atoms with Crippen LogP contribution in [0.1, 0.15) is 11.1 Å². The van der Waals surface area contributed by atoms with E-state index in [1.807, 2.05) is 11.9 Å². The van der Waals surface area contributed by atoms with Crippen LogP contribution in [0.3, 0.4) is 0 Å². The molecule has 3 aromatic rings. The van der Waals surface area contributed by atoms with E-state index in [0.717, 1.165) is 36.2 Å². The first kappa shape index (κ1) is 26.4. The third-order valence-electron chi connectivity index (χ3n) is 5.90. The molecule has 0 spiro atoms.